The monoisotopic (exact) mass is 281 g/mol. The van der Waals surface area contributed by atoms with Crippen molar-refractivity contribution < 1.29 is 14.7 Å². The van der Waals surface area contributed by atoms with Crippen molar-refractivity contribution in [3.05, 3.63) is 71.8 Å². The summed E-state index contributed by atoms with van der Waals surface area (Å²) in [4.78, 5) is 24.1. The maximum atomic E-state index is 12.3. The molecule has 1 aliphatic heterocycles. The number of hydrogen-bond donors (Lipinski definition) is 2. The maximum Gasteiger partial charge on any atom is 0.256 e. The Morgan fingerprint density at radius 2 is 1.29 bits per heavy atom. The van der Waals surface area contributed by atoms with Crippen LogP contribution in [0.2, 0.25) is 0 Å². The van der Waals surface area contributed by atoms with E-state index in [1.807, 2.05) is 60.7 Å². The molecule has 3 atom stereocenters. The van der Waals surface area contributed by atoms with Crippen molar-refractivity contribution in [2.75, 3.05) is 0 Å². The number of carbonyl (C=O) groups is 2. The van der Waals surface area contributed by atoms with E-state index in [-0.39, 0.29) is 5.91 Å². The summed E-state index contributed by atoms with van der Waals surface area (Å²) < 4.78 is 0. The molecule has 0 saturated carbocycles. The van der Waals surface area contributed by atoms with Gasteiger partial charge in [-0.3, -0.25) is 14.9 Å². The lowest BCUT2D eigenvalue weighted by Gasteiger charge is -2.34. The maximum absolute atomic E-state index is 12.3. The third kappa shape index (κ3) is 2.45. The normalized spacial score (nSPS) is 25.5. The molecule has 2 aromatic rings. The Bertz CT molecular complexity index is 654. The summed E-state index contributed by atoms with van der Waals surface area (Å²) in [6.07, 6.45) is -1.24. The summed E-state index contributed by atoms with van der Waals surface area (Å²) in [7, 11) is 0. The van der Waals surface area contributed by atoms with Gasteiger partial charge in [0.05, 0.1) is 5.92 Å². The van der Waals surface area contributed by atoms with Crippen molar-refractivity contribution in [1.82, 2.24) is 5.32 Å². The minimum atomic E-state index is -1.24. The van der Waals surface area contributed by atoms with E-state index in [2.05, 4.69) is 5.32 Å². The molecule has 1 fully saturated rings. The van der Waals surface area contributed by atoms with E-state index in [0.717, 1.165) is 11.1 Å². The number of benzene rings is 2. The quantitative estimate of drug-likeness (QED) is 0.821. The number of piperidine rings is 1. The average molecular weight is 281 g/mol. The van der Waals surface area contributed by atoms with E-state index in [1.54, 1.807) is 0 Å². The molecule has 106 valence electrons. The van der Waals surface area contributed by atoms with Crippen LogP contribution in [-0.4, -0.2) is 23.0 Å². The smallest absolute Gasteiger partial charge is 0.256 e. The highest BCUT2D eigenvalue weighted by molar-refractivity contribution is 6.04. The highest BCUT2D eigenvalue weighted by Gasteiger charge is 2.44. The Kier molecular flexibility index (Phi) is 3.54. The predicted molar refractivity (Wildman–Crippen MR) is 77.5 cm³/mol. The number of hydrogen-bond acceptors (Lipinski definition) is 3. The van der Waals surface area contributed by atoms with Crippen LogP contribution < -0.4 is 5.32 Å². The molecule has 0 bridgehead atoms. The van der Waals surface area contributed by atoms with Gasteiger partial charge in [0.25, 0.3) is 5.91 Å². The number of aliphatic hydroxyl groups excluding tert-OH is 1. The van der Waals surface area contributed by atoms with Crippen molar-refractivity contribution in [3.8, 4) is 0 Å². The number of carbonyl (C=O) groups excluding carboxylic acids is 2. The zero-order valence-corrected chi connectivity index (χ0v) is 11.3. The van der Waals surface area contributed by atoms with E-state index < -0.39 is 23.8 Å². The molecular formula is C17H15NO3. The van der Waals surface area contributed by atoms with Crippen LogP contribution >= 0.6 is 0 Å². The first kappa shape index (κ1) is 13.5. The number of rotatable bonds is 2. The molecular weight excluding hydrogens is 266 g/mol. The second-order valence-electron chi connectivity index (χ2n) is 5.12. The van der Waals surface area contributed by atoms with E-state index >= 15 is 0 Å². The zero-order chi connectivity index (χ0) is 14.8. The van der Waals surface area contributed by atoms with Crippen molar-refractivity contribution in [2.24, 2.45) is 0 Å². The lowest BCUT2D eigenvalue weighted by molar-refractivity contribution is -0.143. The molecule has 4 nitrogen and oxygen atoms in total. The minimum absolute atomic E-state index is 0.370. The van der Waals surface area contributed by atoms with Gasteiger partial charge in [0, 0.05) is 5.92 Å². The lowest BCUT2D eigenvalue weighted by Crippen LogP contribution is -2.52. The van der Waals surface area contributed by atoms with Gasteiger partial charge in [-0.15, -0.1) is 0 Å². The SMILES string of the molecule is O=C1NC(=O)C(c2ccccc2)C(c2ccccc2)C1O. The molecule has 4 heteroatoms. The van der Waals surface area contributed by atoms with Crippen molar-refractivity contribution >= 4 is 11.8 Å². The van der Waals surface area contributed by atoms with Crippen LogP contribution in [0.25, 0.3) is 0 Å². The number of amides is 2. The van der Waals surface area contributed by atoms with Crippen LogP contribution in [0.15, 0.2) is 60.7 Å². The van der Waals surface area contributed by atoms with Crippen molar-refractivity contribution in [1.29, 1.82) is 0 Å². The highest BCUT2D eigenvalue weighted by atomic mass is 16.3. The molecule has 1 saturated heterocycles. The molecule has 0 radical (unpaired) electrons. The first-order valence-corrected chi connectivity index (χ1v) is 6.81. The molecule has 2 amide bonds. The summed E-state index contributed by atoms with van der Waals surface area (Å²) in [6, 6.07) is 18.4. The van der Waals surface area contributed by atoms with Gasteiger partial charge in [0.15, 0.2) is 0 Å². The summed E-state index contributed by atoms with van der Waals surface area (Å²) in [5.41, 5.74) is 1.57. The molecule has 3 unspecified atom stereocenters. The van der Waals surface area contributed by atoms with Crippen LogP contribution in [0.4, 0.5) is 0 Å². The number of aliphatic hydroxyl groups is 1. The Hall–Kier alpha value is -2.46. The minimum Gasteiger partial charge on any atom is -0.383 e. The van der Waals surface area contributed by atoms with E-state index in [4.69, 9.17) is 0 Å². The van der Waals surface area contributed by atoms with Crippen LogP contribution in [0.3, 0.4) is 0 Å². The lowest BCUT2D eigenvalue weighted by atomic mass is 9.75. The fraction of sp³-hybridized carbons (Fsp3) is 0.176. The first-order chi connectivity index (χ1) is 10.2. The number of nitrogens with one attached hydrogen (secondary N) is 1. The van der Waals surface area contributed by atoms with Gasteiger partial charge >= 0.3 is 0 Å². The molecule has 0 spiro atoms. The number of imide groups is 1. The largest absolute Gasteiger partial charge is 0.383 e. The zero-order valence-electron chi connectivity index (χ0n) is 11.3. The molecule has 1 aliphatic rings. The van der Waals surface area contributed by atoms with Gasteiger partial charge in [-0.25, -0.2) is 0 Å². The van der Waals surface area contributed by atoms with Crippen LogP contribution in [0.5, 0.6) is 0 Å². The van der Waals surface area contributed by atoms with Gasteiger partial charge in [-0.2, -0.15) is 0 Å². The molecule has 21 heavy (non-hydrogen) atoms. The van der Waals surface area contributed by atoms with Crippen LogP contribution in [0, 0.1) is 0 Å². The van der Waals surface area contributed by atoms with E-state index in [0.29, 0.717) is 0 Å². The summed E-state index contributed by atoms with van der Waals surface area (Å²) in [6.45, 7) is 0. The Morgan fingerprint density at radius 1 is 0.762 bits per heavy atom. The molecule has 2 aromatic carbocycles. The average Bonchev–Trinajstić information content (AvgIpc) is 2.52. The molecule has 2 N–H and O–H groups in total. The van der Waals surface area contributed by atoms with Gasteiger partial charge in [-0.1, -0.05) is 60.7 Å². The Morgan fingerprint density at radius 3 is 1.86 bits per heavy atom. The van der Waals surface area contributed by atoms with Gasteiger partial charge in [0.2, 0.25) is 5.91 Å². The summed E-state index contributed by atoms with van der Waals surface area (Å²) in [5.74, 6) is -2.16. The third-order valence-corrected chi connectivity index (χ3v) is 3.84. The van der Waals surface area contributed by atoms with E-state index in [1.165, 1.54) is 0 Å². The van der Waals surface area contributed by atoms with Crippen LogP contribution in [0.1, 0.15) is 23.0 Å². The second-order valence-corrected chi connectivity index (χ2v) is 5.12. The highest BCUT2D eigenvalue weighted by Crippen LogP contribution is 2.38. The Labute approximate surface area is 122 Å². The fourth-order valence-electron chi connectivity index (χ4n) is 2.85. The van der Waals surface area contributed by atoms with Crippen molar-refractivity contribution in [2.45, 2.75) is 17.9 Å². The second kappa shape index (κ2) is 5.50. The molecule has 3 rings (SSSR count). The predicted octanol–water partition coefficient (Wildman–Crippen LogP) is 1.57. The van der Waals surface area contributed by atoms with Crippen LogP contribution in [-0.2, 0) is 9.59 Å². The van der Waals surface area contributed by atoms with Gasteiger partial charge < -0.3 is 5.11 Å². The third-order valence-electron chi connectivity index (χ3n) is 3.84. The standard InChI is InChI=1S/C17H15NO3/c19-15-13(11-7-3-1-4-8-11)14(16(20)18-17(15)21)12-9-5-2-6-10-12/h1-10,13-15,19H,(H,18,20,21). The summed E-state index contributed by atoms with van der Waals surface area (Å²) >= 11 is 0. The van der Waals surface area contributed by atoms with Gasteiger partial charge in [-0.05, 0) is 11.1 Å². The Balaban J connectivity index is 2.09. The first-order valence-electron chi connectivity index (χ1n) is 6.81. The summed E-state index contributed by atoms with van der Waals surface area (Å²) in [5, 5.41) is 12.5. The van der Waals surface area contributed by atoms with E-state index in [9.17, 15) is 14.7 Å². The van der Waals surface area contributed by atoms with Gasteiger partial charge in [0.1, 0.15) is 6.10 Å². The molecule has 0 aromatic heterocycles. The fourth-order valence-corrected chi connectivity index (χ4v) is 2.85. The van der Waals surface area contributed by atoms with Crippen molar-refractivity contribution in [3.63, 3.8) is 0 Å². The molecule has 1 heterocycles. The molecule has 0 aliphatic carbocycles. The topological polar surface area (TPSA) is 66.4 Å².